The molecule has 1 aliphatic rings. The number of para-hydroxylation sites is 2. The largest absolute Gasteiger partial charge is 0.495 e. The maximum atomic E-state index is 11.2. The number of carboxylic acid groups (broad SMARTS) is 1. The summed E-state index contributed by atoms with van der Waals surface area (Å²) < 4.78 is 11.9. The standard InChI is InChI=1S/C28H32N2O4/c1-21-7-9-22(10-8-21)26(34-24-13-11-23(12-14-24)28(31)32)15-16-29-17-19-30(20-18-29)25-5-3-4-6-27(25)33-2/h3-14,26H,15-20H2,1-2H3,(H,31,32)/t26-/m0/s1. The fourth-order valence-corrected chi connectivity index (χ4v) is 4.32. The molecule has 4 rings (SSSR count). The van der Waals surface area contributed by atoms with Crippen LogP contribution in [0.4, 0.5) is 5.69 Å². The van der Waals surface area contributed by atoms with Crippen LogP contribution in [0, 0.1) is 6.92 Å². The van der Waals surface area contributed by atoms with Crippen LogP contribution >= 0.6 is 0 Å². The van der Waals surface area contributed by atoms with Gasteiger partial charge in [-0.15, -0.1) is 0 Å². The van der Waals surface area contributed by atoms with Gasteiger partial charge in [-0.05, 0) is 48.9 Å². The minimum Gasteiger partial charge on any atom is -0.495 e. The molecule has 1 aliphatic heterocycles. The van der Waals surface area contributed by atoms with E-state index in [1.807, 2.05) is 12.1 Å². The highest BCUT2D eigenvalue weighted by Crippen LogP contribution is 2.29. The first-order chi connectivity index (χ1) is 16.5. The molecule has 1 saturated heterocycles. The quantitative estimate of drug-likeness (QED) is 0.483. The molecule has 3 aromatic carbocycles. The molecule has 1 atom stereocenters. The Kier molecular flexibility index (Phi) is 7.70. The fraction of sp³-hybridized carbons (Fsp3) is 0.321. The van der Waals surface area contributed by atoms with Crippen molar-refractivity contribution in [1.82, 2.24) is 4.90 Å². The van der Waals surface area contributed by atoms with Crippen LogP contribution < -0.4 is 14.4 Å². The molecule has 34 heavy (non-hydrogen) atoms. The number of carboxylic acids is 1. The van der Waals surface area contributed by atoms with Gasteiger partial charge in [0.05, 0.1) is 18.4 Å². The third kappa shape index (κ3) is 5.88. The molecular weight excluding hydrogens is 428 g/mol. The summed E-state index contributed by atoms with van der Waals surface area (Å²) in [6.45, 7) is 6.86. The molecule has 0 amide bonds. The SMILES string of the molecule is COc1ccccc1N1CCN(CC[C@H](Oc2ccc(C(=O)O)cc2)c2ccc(C)cc2)CC1. The predicted octanol–water partition coefficient (Wildman–Crippen LogP) is 5.03. The van der Waals surface area contributed by atoms with Crippen molar-refractivity contribution in [2.45, 2.75) is 19.4 Å². The number of carbonyl (C=O) groups is 1. The Bertz CT molecular complexity index is 1070. The molecule has 0 aromatic heterocycles. The third-order valence-electron chi connectivity index (χ3n) is 6.33. The molecule has 0 saturated carbocycles. The zero-order chi connectivity index (χ0) is 23.9. The number of benzene rings is 3. The Morgan fingerprint density at radius 3 is 2.26 bits per heavy atom. The van der Waals surface area contributed by atoms with Gasteiger partial charge >= 0.3 is 5.97 Å². The smallest absolute Gasteiger partial charge is 0.335 e. The lowest BCUT2D eigenvalue weighted by atomic mass is 10.0. The number of hydrogen-bond donors (Lipinski definition) is 1. The molecule has 0 spiro atoms. The maximum Gasteiger partial charge on any atom is 0.335 e. The molecule has 6 heteroatoms. The van der Waals surface area contributed by atoms with Gasteiger partial charge in [0.1, 0.15) is 17.6 Å². The highest BCUT2D eigenvalue weighted by atomic mass is 16.5. The average molecular weight is 461 g/mol. The van der Waals surface area contributed by atoms with Gasteiger partial charge in [-0.2, -0.15) is 0 Å². The number of ether oxygens (including phenoxy) is 2. The van der Waals surface area contributed by atoms with Crippen LogP contribution in [0.2, 0.25) is 0 Å². The predicted molar refractivity (Wildman–Crippen MR) is 134 cm³/mol. The molecule has 1 N–H and O–H groups in total. The van der Waals surface area contributed by atoms with E-state index in [0.29, 0.717) is 5.75 Å². The Morgan fingerprint density at radius 1 is 0.941 bits per heavy atom. The Labute approximate surface area is 201 Å². The molecule has 1 heterocycles. The number of anilines is 1. The van der Waals surface area contributed by atoms with Crippen LogP contribution in [0.25, 0.3) is 0 Å². The van der Waals surface area contributed by atoms with Crippen molar-refractivity contribution in [3.8, 4) is 11.5 Å². The first-order valence-corrected chi connectivity index (χ1v) is 11.7. The average Bonchev–Trinajstić information content (AvgIpc) is 2.87. The minimum absolute atomic E-state index is 0.108. The van der Waals surface area contributed by atoms with Crippen LogP contribution in [0.5, 0.6) is 11.5 Å². The van der Waals surface area contributed by atoms with E-state index in [1.165, 1.54) is 5.56 Å². The van der Waals surface area contributed by atoms with Crippen molar-refractivity contribution in [3.63, 3.8) is 0 Å². The lowest BCUT2D eigenvalue weighted by molar-refractivity contribution is 0.0697. The monoisotopic (exact) mass is 460 g/mol. The van der Waals surface area contributed by atoms with Crippen molar-refractivity contribution in [3.05, 3.63) is 89.5 Å². The van der Waals surface area contributed by atoms with Gasteiger partial charge in [0.25, 0.3) is 0 Å². The molecule has 0 aliphatic carbocycles. The molecule has 178 valence electrons. The second kappa shape index (κ2) is 11.1. The van der Waals surface area contributed by atoms with Gasteiger partial charge in [-0.1, -0.05) is 42.0 Å². The molecule has 0 bridgehead atoms. The van der Waals surface area contributed by atoms with Crippen LogP contribution in [0.1, 0.15) is 34.0 Å². The summed E-state index contributed by atoms with van der Waals surface area (Å²) in [7, 11) is 1.72. The summed E-state index contributed by atoms with van der Waals surface area (Å²) in [5.74, 6) is 0.656. The van der Waals surface area contributed by atoms with E-state index in [2.05, 4.69) is 53.1 Å². The fourth-order valence-electron chi connectivity index (χ4n) is 4.32. The lowest BCUT2D eigenvalue weighted by Gasteiger charge is -2.37. The third-order valence-corrected chi connectivity index (χ3v) is 6.33. The number of nitrogens with zero attached hydrogens (tertiary/aromatic N) is 2. The topological polar surface area (TPSA) is 62.2 Å². The van der Waals surface area contributed by atoms with Gasteiger partial charge in [0.2, 0.25) is 0 Å². The summed E-state index contributed by atoms with van der Waals surface area (Å²) in [5.41, 5.74) is 3.74. The van der Waals surface area contributed by atoms with Crippen molar-refractivity contribution in [1.29, 1.82) is 0 Å². The molecule has 1 fully saturated rings. The van der Waals surface area contributed by atoms with Gasteiger partial charge in [0.15, 0.2) is 0 Å². The minimum atomic E-state index is -0.936. The number of aromatic carboxylic acids is 1. The summed E-state index contributed by atoms with van der Waals surface area (Å²) in [6, 6.07) is 23.2. The van der Waals surface area contributed by atoms with E-state index in [0.717, 1.165) is 56.1 Å². The number of piperazine rings is 1. The van der Waals surface area contributed by atoms with Gasteiger partial charge in [0, 0.05) is 39.1 Å². The first kappa shape index (κ1) is 23.6. The lowest BCUT2D eigenvalue weighted by Crippen LogP contribution is -2.47. The summed E-state index contributed by atoms with van der Waals surface area (Å²) in [4.78, 5) is 16.0. The van der Waals surface area contributed by atoms with Crippen LogP contribution in [0.3, 0.4) is 0 Å². The van der Waals surface area contributed by atoms with Gasteiger partial charge in [-0.25, -0.2) is 4.79 Å². The van der Waals surface area contributed by atoms with Crippen molar-refractivity contribution < 1.29 is 19.4 Å². The number of hydrogen-bond acceptors (Lipinski definition) is 5. The zero-order valence-electron chi connectivity index (χ0n) is 19.8. The van der Waals surface area contributed by atoms with Gasteiger partial charge < -0.3 is 19.5 Å². The normalized spacial score (nSPS) is 15.1. The molecule has 0 unspecified atom stereocenters. The highest BCUT2D eigenvalue weighted by molar-refractivity contribution is 5.87. The summed E-state index contributed by atoms with van der Waals surface area (Å²) in [6.07, 6.45) is 0.738. The van der Waals surface area contributed by atoms with Crippen LogP contribution in [-0.4, -0.2) is 55.8 Å². The Morgan fingerprint density at radius 2 is 1.62 bits per heavy atom. The van der Waals surface area contributed by atoms with E-state index in [9.17, 15) is 4.79 Å². The van der Waals surface area contributed by atoms with E-state index in [1.54, 1.807) is 31.4 Å². The van der Waals surface area contributed by atoms with Crippen molar-refractivity contribution in [2.75, 3.05) is 44.7 Å². The second-order valence-corrected chi connectivity index (χ2v) is 8.64. The Balaban J connectivity index is 1.39. The first-order valence-electron chi connectivity index (χ1n) is 11.7. The van der Waals surface area contributed by atoms with Gasteiger partial charge in [-0.3, -0.25) is 4.90 Å². The van der Waals surface area contributed by atoms with E-state index in [-0.39, 0.29) is 11.7 Å². The molecule has 3 aromatic rings. The van der Waals surface area contributed by atoms with Crippen LogP contribution in [-0.2, 0) is 0 Å². The number of rotatable bonds is 9. The molecular formula is C28H32N2O4. The second-order valence-electron chi connectivity index (χ2n) is 8.64. The molecule has 6 nitrogen and oxygen atoms in total. The molecule has 0 radical (unpaired) electrons. The highest BCUT2D eigenvalue weighted by Gasteiger charge is 2.21. The number of aryl methyl sites for hydroxylation is 1. The summed E-state index contributed by atoms with van der Waals surface area (Å²) in [5, 5.41) is 9.15. The van der Waals surface area contributed by atoms with E-state index < -0.39 is 5.97 Å². The van der Waals surface area contributed by atoms with Crippen molar-refractivity contribution >= 4 is 11.7 Å². The number of methoxy groups -OCH3 is 1. The van der Waals surface area contributed by atoms with Crippen LogP contribution in [0.15, 0.2) is 72.8 Å². The Hall–Kier alpha value is -3.51. The van der Waals surface area contributed by atoms with E-state index in [4.69, 9.17) is 14.6 Å². The maximum absolute atomic E-state index is 11.2. The van der Waals surface area contributed by atoms with Crippen molar-refractivity contribution in [2.24, 2.45) is 0 Å². The zero-order valence-corrected chi connectivity index (χ0v) is 19.8. The summed E-state index contributed by atoms with van der Waals surface area (Å²) >= 11 is 0. The van der Waals surface area contributed by atoms with E-state index >= 15 is 0 Å².